The van der Waals surface area contributed by atoms with Crippen LogP contribution in [-0.2, 0) is 0 Å². The number of nitrogens with two attached hydrogens (primary N) is 2. The van der Waals surface area contributed by atoms with E-state index in [0.717, 1.165) is 6.07 Å². The highest BCUT2D eigenvalue weighted by atomic mass is 19.2. The highest BCUT2D eigenvalue weighted by Gasteiger charge is 2.15. The van der Waals surface area contributed by atoms with Crippen molar-refractivity contribution in [1.82, 2.24) is 0 Å². The summed E-state index contributed by atoms with van der Waals surface area (Å²) in [6.07, 6.45) is 0. The van der Waals surface area contributed by atoms with Gasteiger partial charge in [-0.15, -0.1) is 0 Å². The number of hydrogen-bond acceptors (Lipinski definition) is 4. The Balaban J connectivity index is 2.47. The highest BCUT2D eigenvalue weighted by molar-refractivity contribution is 5.93. The second-order valence-electron chi connectivity index (χ2n) is 4.14. The lowest BCUT2D eigenvalue weighted by Gasteiger charge is -2.12. The monoisotopic (exact) mass is 294 g/mol. The molecule has 7 heteroatoms. The Bertz CT molecular complexity index is 705. The molecule has 0 heterocycles. The largest absolute Gasteiger partial charge is 0.497 e. The molecule has 0 aliphatic rings. The average molecular weight is 294 g/mol. The van der Waals surface area contributed by atoms with Crippen molar-refractivity contribution in [2.24, 2.45) is 5.73 Å². The summed E-state index contributed by atoms with van der Waals surface area (Å²) in [5.74, 6) is -3.20. The summed E-state index contributed by atoms with van der Waals surface area (Å²) >= 11 is 0. The Morgan fingerprint density at radius 1 is 1.14 bits per heavy atom. The lowest BCUT2D eigenvalue weighted by molar-refractivity contribution is 0.0999. The fourth-order valence-electron chi connectivity index (χ4n) is 1.66. The number of methoxy groups -OCH3 is 1. The SMILES string of the molecule is COc1cc(Oc2c(N)ccc(F)c2F)cc(C(N)=O)c1. The van der Waals surface area contributed by atoms with Gasteiger partial charge in [0.05, 0.1) is 12.8 Å². The Morgan fingerprint density at radius 3 is 2.43 bits per heavy atom. The molecule has 5 nitrogen and oxygen atoms in total. The normalized spacial score (nSPS) is 10.2. The summed E-state index contributed by atoms with van der Waals surface area (Å²) in [5, 5.41) is 0. The van der Waals surface area contributed by atoms with Crippen molar-refractivity contribution in [1.29, 1.82) is 0 Å². The topological polar surface area (TPSA) is 87.6 Å². The number of primary amides is 1. The number of carbonyl (C=O) groups is 1. The average Bonchev–Trinajstić information content (AvgIpc) is 2.47. The standard InChI is InChI=1S/C14H12F2N2O3/c1-20-8-4-7(14(18)19)5-9(6-8)21-13-11(17)3-2-10(15)12(13)16/h2-6H,17H2,1H3,(H2,18,19). The van der Waals surface area contributed by atoms with E-state index in [-0.39, 0.29) is 22.7 Å². The van der Waals surface area contributed by atoms with Crippen molar-refractivity contribution in [3.63, 3.8) is 0 Å². The third-order valence-electron chi connectivity index (χ3n) is 2.70. The van der Waals surface area contributed by atoms with E-state index >= 15 is 0 Å². The van der Waals surface area contributed by atoms with Crippen molar-refractivity contribution < 1.29 is 23.0 Å². The van der Waals surface area contributed by atoms with Crippen molar-refractivity contribution in [2.75, 3.05) is 12.8 Å². The van der Waals surface area contributed by atoms with Crippen LogP contribution in [0.3, 0.4) is 0 Å². The van der Waals surface area contributed by atoms with Gasteiger partial charge < -0.3 is 20.9 Å². The summed E-state index contributed by atoms with van der Waals surface area (Å²) < 4.78 is 37.1. The minimum Gasteiger partial charge on any atom is -0.497 e. The van der Waals surface area contributed by atoms with E-state index in [2.05, 4.69) is 0 Å². The van der Waals surface area contributed by atoms with Gasteiger partial charge in [0.2, 0.25) is 11.7 Å². The number of ether oxygens (including phenoxy) is 2. The quantitative estimate of drug-likeness (QED) is 0.848. The molecule has 0 saturated heterocycles. The van der Waals surface area contributed by atoms with E-state index in [1.165, 1.54) is 31.4 Å². The van der Waals surface area contributed by atoms with Gasteiger partial charge in [0.25, 0.3) is 0 Å². The Morgan fingerprint density at radius 2 is 1.81 bits per heavy atom. The van der Waals surface area contributed by atoms with Gasteiger partial charge in [0.15, 0.2) is 11.6 Å². The summed E-state index contributed by atoms with van der Waals surface area (Å²) in [6, 6.07) is 6.10. The van der Waals surface area contributed by atoms with Crippen LogP contribution in [0.4, 0.5) is 14.5 Å². The van der Waals surface area contributed by atoms with Gasteiger partial charge in [0, 0.05) is 11.6 Å². The van der Waals surface area contributed by atoms with Gasteiger partial charge in [-0.25, -0.2) is 4.39 Å². The molecule has 2 aromatic rings. The maximum Gasteiger partial charge on any atom is 0.248 e. The van der Waals surface area contributed by atoms with E-state index in [1.54, 1.807) is 0 Å². The minimum atomic E-state index is -1.22. The molecule has 2 rings (SSSR count). The minimum absolute atomic E-state index is 0.0411. The fraction of sp³-hybridized carbons (Fsp3) is 0.0714. The molecule has 0 aliphatic carbocycles. The van der Waals surface area contributed by atoms with Crippen LogP contribution < -0.4 is 20.9 Å². The number of halogens is 2. The van der Waals surface area contributed by atoms with Crippen molar-refractivity contribution in [3.8, 4) is 17.2 Å². The van der Waals surface area contributed by atoms with Crippen LogP contribution >= 0.6 is 0 Å². The smallest absolute Gasteiger partial charge is 0.248 e. The number of hydrogen-bond donors (Lipinski definition) is 2. The molecule has 0 unspecified atom stereocenters. The van der Waals surface area contributed by atoms with Gasteiger partial charge >= 0.3 is 0 Å². The molecule has 21 heavy (non-hydrogen) atoms. The number of benzene rings is 2. The maximum absolute atomic E-state index is 13.7. The second-order valence-corrected chi connectivity index (χ2v) is 4.14. The molecule has 0 aromatic heterocycles. The van der Waals surface area contributed by atoms with E-state index < -0.39 is 23.3 Å². The van der Waals surface area contributed by atoms with Gasteiger partial charge in [-0.05, 0) is 24.3 Å². The third kappa shape index (κ3) is 3.02. The zero-order valence-corrected chi connectivity index (χ0v) is 11.0. The molecular weight excluding hydrogens is 282 g/mol. The highest BCUT2D eigenvalue weighted by Crippen LogP contribution is 2.33. The molecule has 0 saturated carbocycles. The summed E-state index contributed by atoms with van der Waals surface area (Å²) in [7, 11) is 1.38. The number of anilines is 1. The van der Waals surface area contributed by atoms with Crippen LogP contribution in [-0.4, -0.2) is 13.0 Å². The molecule has 1 amide bonds. The molecule has 0 radical (unpaired) electrons. The first-order valence-corrected chi connectivity index (χ1v) is 5.82. The van der Waals surface area contributed by atoms with Crippen LogP contribution in [0.2, 0.25) is 0 Å². The molecule has 110 valence electrons. The lowest BCUT2D eigenvalue weighted by atomic mass is 10.2. The van der Waals surface area contributed by atoms with Gasteiger partial charge in [-0.1, -0.05) is 0 Å². The fourth-order valence-corrected chi connectivity index (χ4v) is 1.66. The molecule has 0 fully saturated rings. The van der Waals surface area contributed by atoms with Crippen LogP contribution in [0.15, 0.2) is 30.3 Å². The zero-order chi connectivity index (χ0) is 15.6. The molecule has 0 spiro atoms. The van der Waals surface area contributed by atoms with E-state index in [1.807, 2.05) is 0 Å². The molecular formula is C14H12F2N2O3. The number of rotatable bonds is 4. The first kappa shape index (κ1) is 14.6. The second kappa shape index (κ2) is 5.66. The van der Waals surface area contributed by atoms with Crippen LogP contribution in [0.1, 0.15) is 10.4 Å². The zero-order valence-electron chi connectivity index (χ0n) is 11.0. The predicted octanol–water partition coefficient (Wildman–Crippen LogP) is 2.45. The van der Waals surface area contributed by atoms with E-state index in [4.69, 9.17) is 20.9 Å². The van der Waals surface area contributed by atoms with Gasteiger partial charge in [-0.2, -0.15) is 4.39 Å². The first-order chi connectivity index (χ1) is 9.92. The molecule has 2 aromatic carbocycles. The van der Waals surface area contributed by atoms with Crippen LogP contribution in [0.5, 0.6) is 17.2 Å². The molecule has 0 atom stereocenters. The Hall–Kier alpha value is -2.83. The summed E-state index contributed by atoms with van der Waals surface area (Å²) in [5.41, 5.74) is 10.7. The summed E-state index contributed by atoms with van der Waals surface area (Å²) in [6.45, 7) is 0. The number of carbonyl (C=O) groups excluding carboxylic acids is 1. The van der Waals surface area contributed by atoms with Crippen LogP contribution in [0, 0.1) is 11.6 Å². The maximum atomic E-state index is 13.7. The number of nitrogen functional groups attached to an aromatic ring is 1. The summed E-state index contributed by atoms with van der Waals surface area (Å²) in [4.78, 5) is 11.2. The Kier molecular flexibility index (Phi) is 3.93. The number of amides is 1. The van der Waals surface area contributed by atoms with E-state index in [9.17, 15) is 13.6 Å². The van der Waals surface area contributed by atoms with Crippen molar-refractivity contribution in [3.05, 3.63) is 47.5 Å². The molecule has 0 aliphatic heterocycles. The first-order valence-electron chi connectivity index (χ1n) is 5.82. The van der Waals surface area contributed by atoms with Gasteiger partial charge in [0.1, 0.15) is 11.5 Å². The van der Waals surface area contributed by atoms with E-state index in [0.29, 0.717) is 0 Å². The van der Waals surface area contributed by atoms with Crippen molar-refractivity contribution >= 4 is 11.6 Å². The van der Waals surface area contributed by atoms with Crippen LogP contribution in [0.25, 0.3) is 0 Å². The lowest BCUT2D eigenvalue weighted by Crippen LogP contribution is -2.11. The third-order valence-corrected chi connectivity index (χ3v) is 2.70. The van der Waals surface area contributed by atoms with Crippen molar-refractivity contribution in [2.45, 2.75) is 0 Å². The van der Waals surface area contributed by atoms with Gasteiger partial charge in [-0.3, -0.25) is 4.79 Å². The predicted molar refractivity (Wildman–Crippen MR) is 72.4 cm³/mol. The molecule has 0 bridgehead atoms. The molecule has 4 N–H and O–H groups in total. The Labute approximate surface area is 119 Å².